The maximum atomic E-state index is 6.68. The maximum Gasteiger partial charge on any atom is 0.220 e. The molecule has 0 amide bonds. The number of rotatable bonds is 9. The average Bonchev–Trinajstić information content (AvgIpc) is 2.83. The fraction of sp³-hybridized carbons (Fsp3) is 0.938. The van der Waals surface area contributed by atoms with Crippen LogP contribution in [-0.4, -0.2) is 50.2 Å². The van der Waals surface area contributed by atoms with E-state index in [0.29, 0.717) is 30.6 Å². The van der Waals surface area contributed by atoms with Crippen molar-refractivity contribution in [2.75, 3.05) is 19.8 Å². The van der Waals surface area contributed by atoms with E-state index in [0.717, 1.165) is 0 Å². The Morgan fingerprint density at radius 1 is 1.26 bits per heavy atom. The van der Waals surface area contributed by atoms with Gasteiger partial charge in [-0.2, -0.15) is 0 Å². The van der Waals surface area contributed by atoms with Crippen molar-refractivity contribution in [2.45, 2.75) is 76.8 Å². The van der Waals surface area contributed by atoms with Crippen LogP contribution in [0, 0.1) is 0 Å². The first-order chi connectivity index (χ1) is 10.6. The number of hydrogen-bond donors (Lipinski definition) is 0. The van der Waals surface area contributed by atoms with E-state index < -0.39 is 8.32 Å². The molecule has 0 aromatic heterocycles. The molecule has 1 aliphatic heterocycles. The molecular weight excluding hydrogens is 348 g/mol. The predicted molar refractivity (Wildman–Crippen MR) is 104 cm³/mol. The van der Waals surface area contributed by atoms with Gasteiger partial charge in [-0.25, -0.2) is 0 Å². The lowest BCUT2D eigenvalue weighted by molar-refractivity contribution is -0.151. The van der Waals surface area contributed by atoms with Crippen LogP contribution in [-0.2, 0) is 18.6 Å². The minimum absolute atomic E-state index is 0.0180. The Balaban J connectivity index is 2.86. The van der Waals surface area contributed by atoms with E-state index in [2.05, 4.69) is 33.9 Å². The largest absolute Gasteiger partial charge is 0.477 e. The number of ether oxygens (including phenoxy) is 3. The van der Waals surface area contributed by atoms with Gasteiger partial charge in [0.15, 0.2) is 14.6 Å². The van der Waals surface area contributed by atoms with Crippen molar-refractivity contribution in [2.24, 2.45) is 0 Å². The summed E-state index contributed by atoms with van der Waals surface area (Å²) in [6, 6.07) is 0. The van der Waals surface area contributed by atoms with Crippen LogP contribution >= 0.6 is 24.0 Å². The summed E-state index contributed by atoms with van der Waals surface area (Å²) in [5, 5.41) is 0.364. The molecule has 0 bridgehead atoms. The molecule has 7 heteroatoms. The molecular formula is C16H32O4S2Si. The van der Waals surface area contributed by atoms with Gasteiger partial charge < -0.3 is 18.6 Å². The van der Waals surface area contributed by atoms with Gasteiger partial charge in [-0.3, -0.25) is 0 Å². The van der Waals surface area contributed by atoms with Crippen molar-refractivity contribution >= 4 is 36.7 Å². The fourth-order valence-electron chi connectivity index (χ4n) is 2.10. The van der Waals surface area contributed by atoms with Crippen LogP contribution in [0.1, 0.15) is 41.0 Å². The Labute approximate surface area is 152 Å². The van der Waals surface area contributed by atoms with Gasteiger partial charge in [0.25, 0.3) is 0 Å². The first-order valence-electron chi connectivity index (χ1n) is 8.35. The zero-order valence-corrected chi connectivity index (χ0v) is 18.1. The van der Waals surface area contributed by atoms with E-state index in [1.54, 1.807) is 11.8 Å². The molecule has 1 fully saturated rings. The highest BCUT2D eigenvalue weighted by Gasteiger charge is 2.43. The molecule has 0 saturated carbocycles. The fourth-order valence-corrected chi connectivity index (χ4v) is 4.85. The molecule has 0 aliphatic carbocycles. The first-order valence-corrected chi connectivity index (χ1v) is 12.5. The average molecular weight is 381 g/mol. The maximum absolute atomic E-state index is 6.68. The molecule has 2 atom stereocenters. The molecule has 23 heavy (non-hydrogen) atoms. The molecule has 0 spiro atoms. The van der Waals surface area contributed by atoms with Crippen LogP contribution < -0.4 is 0 Å². The van der Waals surface area contributed by atoms with Gasteiger partial charge in [0.1, 0.15) is 6.61 Å². The normalized spacial score (nSPS) is 20.9. The molecule has 1 heterocycles. The van der Waals surface area contributed by atoms with Crippen molar-refractivity contribution in [1.29, 1.82) is 0 Å². The van der Waals surface area contributed by atoms with Gasteiger partial charge in [0.2, 0.25) is 4.38 Å². The molecule has 0 unspecified atom stereocenters. The molecule has 1 saturated heterocycles. The summed E-state index contributed by atoms with van der Waals surface area (Å²) in [6.07, 6.45) is 0.483. The summed E-state index contributed by atoms with van der Waals surface area (Å²) < 4.78 is 24.2. The zero-order chi connectivity index (χ0) is 17.7. The lowest BCUT2D eigenvalue weighted by Crippen LogP contribution is -2.48. The third-order valence-corrected chi connectivity index (χ3v) is 10.4. The van der Waals surface area contributed by atoms with Gasteiger partial charge in [-0.05, 0) is 44.2 Å². The van der Waals surface area contributed by atoms with Crippen LogP contribution in [0.15, 0.2) is 0 Å². The third kappa shape index (κ3) is 6.63. The number of hydrogen-bond acceptors (Lipinski definition) is 6. The second-order valence-corrected chi connectivity index (χ2v) is 13.8. The van der Waals surface area contributed by atoms with Gasteiger partial charge in [-0.1, -0.05) is 32.5 Å². The number of thioether (sulfide) groups is 1. The van der Waals surface area contributed by atoms with E-state index in [4.69, 9.17) is 30.9 Å². The van der Waals surface area contributed by atoms with E-state index in [9.17, 15) is 0 Å². The molecule has 0 radical (unpaired) electrons. The monoisotopic (exact) mass is 380 g/mol. The summed E-state index contributed by atoms with van der Waals surface area (Å²) in [6.45, 7) is 17.1. The Morgan fingerprint density at radius 2 is 1.83 bits per heavy atom. The first kappa shape index (κ1) is 21.4. The Hall–Kier alpha value is 0.337. The molecule has 0 aromatic rings. The summed E-state index contributed by atoms with van der Waals surface area (Å²) in [7, 11) is -1.89. The molecule has 1 rings (SSSR count). The molecule has 0 aromatic carbocycles. The van der Waals surface area contributed by atoms with Gasteiger partial charge in [-0.15, -0.1) is 0 Å². The van der Waals surface area contributed by atoms with Gasteiger partial charge in [0.05, 0.1) is 11.4 Å². The lowest BCUT2D eigenvalue weighted by atomic mass is 10.2. The minimum Gasteiger partial charge on any atom is -0.477 e. The molecule has 0 N–H and O–H groups in total. The highest BCUT2D eigenvalue weighted by atomic mass is 32.2. The topological polar surface area (TPSA) is 36.9 Å². The quantitative estimate of drug-likeness (QED) is 0.331. The van der Waals surface area contributed by atoms with Crippen LogP contribution in [0.3, 0.4) is 0 Å². The van der Waals surface area contributed by atoms with E-state index in [1.165, 1.54) is 0 Å². The van der Waals surface area contributed by atoms with E-state index in [-0.39, 0.29) is 22.7 Å². The Kier molecular flexibility index (Phi) is 8.51. The SMILES string of the molecule is CCOC(C[C@H](O[Si](C)(C)C(C)(C)C)[C@H]1COC(=S)S1)OCC. The van der Waals surface area contributed by atoms with Gasteiger partial charge >= 0.3 is 0 Å². The van der Waals surface area contributed by atoms with Crippen LogP contribution in [0.25, 0.3) is 0 Å². The summed E-state index contributed by atoms with van der Waals surface area (Å²) in [4.78, 5) is 0. The van der Waals surface area contributed by atoms with Crippen molar-refractivity contribution < 1.29 is 18.6 Å². The summed E-state index contributed by atoms with van der Waals surface area (Å²) >= 11 is 6.78. The van der Waals surface area contributed by atoms with Crippen molar-refractivity contribution in [3.63, 3.8) is 0 Å². The predicted octanol–water partition coefficient (Wildman–Crippen LogP) is 4.58. The Bertz CT molecular complexity index is 379. The zero-order valence-electron chi connectivity index (χ0n) is 15.5. The lowest BCUT2D eigenvalue weighted by Gasteiger charge is -2.41. The highest BCUT2D eigenvalue weighted by Crippen LogP contribution is 2.40. The van der Waals surface area contributed by atoms with E-state index in [1.807, 2.05) is 13.8 Å². The van der Waals surface area contributed by atoms with Crippen LogP contribution in [0.5, 0.6) is 0 Å². The van der Waals surface area contributed by atoms with E-state index >= 15 is 0 Å². The molecule has 136 valence electrons. The Morgan fingerprint density at radius 3 is 2.22 bits per heavy atom. The number of thiocarbonyl (C=S) groups is 1. The van der Waals surface area contributed by atoms with Crippen molar-refractivity contribution in [1.82, 2.24) is 0 Å². The minimum atomic E-state index is -1.89. The van der Waals surface area contributed by atoms with Crippen LogP contribution in [0.2, 0.25) is 18.1 Å². The van der Waals surface area contributed by atoms with Gasteiger partial charge in [0, 0.05) is 19.6 Å². The second-order valence-electron chi connectivity index (χ2n) is 7.21. The standard InChI is InChI=1S/C16H32O4S2Si/c1-8-17-14(18-9-2)10-12(13-11-19-15(21)22-13)20-23(6,7)16(3,4)5/h12-14H,8-11H2,1-7H3/t12-,13+/m0/s1. The molecule has 1 aliphatic rings. The van der Waals surface area contributed by atoms with Crippen molar-refractivity contribution in [3.8, 4) is 0 Å². The second kappa shape index (κ2) is 9.15. The molecule has 4 nitrogen and oxygen atoms in total. The van der Waals surface area contributed by atoms with Crippen LogP contribution in [0.4, 0.5) is 0 Å². The highest BCUT2D eigenvalue weighted by molar-refractivity contribution is 8.23. The third-order valence-electron chi connectivity index (χ3n) is 4.41. The smallest absolute Gasteiger partial charge is 0.220 e. The summed E-state index contributed by atoms with van der Waals surface area (Å²) in [5.41, 5.74) is 0. The summed E-state index contributed by atoms with van der Waals surface area (Å²) in [5.74, 6) is 0. The van der Waals surface area contributed by atoms with Crippen molar-refractivity contribution in [3.05, 3.63) is 0 Å².